The van der Waals surface area contributed by atoms with Crippen LogP contribution in [0.3, 0.4) is 0 Å². The summed E-state index contributed by atoms with van der Waals surface area (Å²) in [6.07, 6.45) is 2.03. The number of hydrogen-bond donors (Lipinski definition) is 1. The second-order valence-corrected chi connectivity index (χ2v) is 5.83. The lowest BCUT2D eigenvalue weighted by Gasteiger charge is -2.11. The van der Waals surface area contributed by atoms with Crippen molar-refractivity contribution in [2.24, 2.45) is 11.7 Å². The Morgan fingerprint density at radius 2 is 1.89 bits per heavy atom. The number of rotatable bonds is 5. The molecule has 104 valence electrons. The molecule has 0 saturated heterocycles. The fraction of sp³-hybridized carbons (Fsp3) is 0.562. The van der Waals surface area contributed by atoms with Crippen LogP contribution >= 0.6 is 0 Å². The monoisotopic (exact) mass is 259 g/mol. The number of aryl methyl sites for hydroxylation is 3. The van der Waals surface area contributed by atoms with Gasteiger partial charge in [0.05, 0.1) is 11.0 Å². The van der Waals surface area contributed by atoms with Crippen molar-refractivity contribution >= 4 is 11.0 Å². The first-order chi connectivity index (χ1) is 9.02. The molecule has 0 aliphatic heterocycles. The van der Waals surface area contributed by atoms with Crippen molar-refractivity contribution in [2.45, 2.75) is 47.1 Å². The zero-order valence-corrected chi connectivity index (χ0v) is 12.5. The minimum absolute atomic E-state index is 0.656. The maximum atomic E-state index is 5.71. The summed E-state index contributed by atoms with van der Waals surface area (Å²) < 4.78 is 2.36. The molecule has 0 amide bonds. The third-order valence-electron chi connectivity index (χ3n) is 3.74. The molecule has 0 unspecified atom stereocenters. The van der Waals surface area contributed by atoms with Crippen molar-refractivity contribution in [1.29, 1.82) is 0 Å². The number of nitrogens with zero attached hydrogens (tertiary/aromatic N) is 2. The molecule has 0 bridgehead atoms. The quantitative estimate of drug-likeness (QED) is 0.896. The van der Waals surface area contributed by atoms with Gasteiger partial charge in [0, 0.05) is 13.0 Å². The minimum atomic E-state index is 0.656. The summed E-state index contributed by atoms with van der Waals surface area (Å²) in [4.78, 5) is 4.77. The normalized spacial score (nSPS) is 11.7. The predicted octanol–water partition coefficient (Wildman–Crippen LogP) is 3.20. The average molecular weight is 259 g/mol. The van der Waals surface area contributed by atoms with Crippen molar-refractivity contribution in [3.8, 4) is 0 Å². The summed E-state index contributed by atoms with van der Waals surface area (Å²) in [7, 11) is 0. The Bertz CT molecular complexity index is 567. The van der Waals surface area contributed by atoms with Gasteiger partial charge >= 0.3 is 0 Å². The lowest BCUT2D eigenvalue weighted by atomic mass is 10.1. The van der Waals surface area contributed by atoms with E-state index in [4.69, 9.17) is 10.7 Å². The molecule has 0 fully saturated rings. The largest absolute Gasteiger partial charge is 0.330 e. The van der Waals surface area contributed by atoms with E-state index >= 15 is 0 Å². The standard InChI is InChI=1S/C16H25N3/c1-11(2)6-8-19-15-10-13(4)12(3)9-14(15)18-16(19)5-7-17/h9-11H,5-8,17H2,1-4H3. The van der Waals surface area contributed by atoms with Crippen LogP contribution in [0.1, 0.15) is 37.2 Å². The van der Waals surface area contributed by atoms with Crippen molar-refractivity contribution in [3.05, 3.63) is 29.1 Å². The van der Waals surface area contributed by atoms with Gasteiger partial charge in [-0.1, -0.05) is 13.8 Å². The summed E-state index contributed by atoms with van der Waals surface area (Å²) in [5.74, 6) is 1.83. The number of imidazole rings is 1. The maximum Gasteiger partial charge on any atom is 0.111 e. The van der Waals surface area contributed by atoms with E-state index in [9.17, 15) is 0 Å². The first-order valence-electron chi connectivity index (χ1n) is 7.19. The first kappa shape index (κ1) is 14.1. The minimum Gasteiger partial charge on any atom is -0.330 e. The summed E-state index contributed by atoms with van der Waals surface area (Å²) in [5.41, 5.74) is 10.7. The fourth-order valence-corrected chi connectivity index (χ4v) is 2.39. The van der Waals surface area contributed by atoms with E-state index in [1.165, 1.54) is 23.1 Å². The highest BCUT2D eigenvalue weighted by molar-refractivity contribution is 5.78. The lowest BCUT2D eigenvalue weighted by molar-refractivity contribution is 0.512. The fourth-order valence-electron chi connectivity index (χ4n) is 2.39. The van der Waals surface area contributed by atoms with Crippen molar-refractivity contribution in [3.63, 3.8) is 0 Å². The molecule has 0 aliphatic rings. The molecule has 1 aromatic carbocycles. The van der Waals surface area contributed by atoms with Crippen LogP contribution < -0.4 is 5.73 Å². The number of nitrogens with two attached hydrogens (primary N) is 1. The zero-order chi connectivity index (χ0) is 14.0. The molecule has 0 saturated carbocycles. The molecule has 0 spiro atoms. The molecule has 1 heterocycles. The molecule has 2 aromatic rings. The van der Waals surface area contributed by atoms with Crippen molar-refractivity contribution < 1.29 is 0 Å². The van der Waals surface area contributed by atoms with Gasteiger partial charge in [0.25, 0.3) is 0 Å². The summed E-state index contributed by atoms with van der Waals surface area (Å²) >= 11 is 0. The Morgan fingerprint density at radius 3 is 2.53 bits per heavy atom. The number of benzene rings is 1. The third kappa shape index (κ3) is 2.98. The van der Waals surface area contributed by atoms with Crippen LogP contribution in [0.2, 0.25) is 0 Å². The molecular formula is C16H25N3. The Morgan fingerprint density at radius 1 is 1.21 bits per heavy atom. The van der Waals surface area contributed by atoms with Crippen LogP contribution in [0.25, 0.3) is 11.0 Å². The van der Waals surface area contributed by atoms with E-state index in [0.29, 0.717) is 12.5 Å². The predicted molar refractivity (Wildman–Crippen MR) is 81.4 cm³/mol. The van der Waals surface area contributed by atoms with Crippen LogP contribution in [0.4, 0.5) is 0 Å². The highest BCUT2D eigenvalue weighted by Gasteiger charge is 2.11. The van der Waals surface area contributed by atoms with Gasteiger partial charge in [-0.2, -0.15) is 0 Å². The molecule has 0 radical (unpaired) electrons. The first-order valence-corrected chi connectivity index (χ1v) is 7.19. The van der Waals surface area contributed by atoms with Crippen molar-refractivity contribution in [2.75, 3.05) is 6.54 Å². The van der Waals surface area contributed by atoms with E-state index in [1.54, 1.807) is 0 Å². The van der Waals surface area contributed by atoms with Gasteiger partial charge < -0.3 is 10.3 Å². The Balaban J connectivity index is 2.48. The van der Waals surface area contributed by atoms with Crippen LogP contribution in [0.15, 0.2) is 12.1 Å². The molecule has 0 atom stereocenters. The number of aromatic nitrogens is 2. The maximum absolute atomic E-state index is 5.71. The van der Waals surface area contributed by atoms with Crippen LogP contribution in [0, 0.1) is 19.8 Å². The zero-order valence-electron chi connectivity index (χ0n) is 12.5. The lowest BCUT2D eigenvalue weighted by Crippen LogP contribution is -2.11. The van der Waals surface area contributed by atoms with Gasteiger partial charge in [-0.05, 0) is 56.0 Å². The summed E-state index contributed by atoms with van der Waals surface area (Å²) in [5, 5.41) is 0. The van der Waals surface area contributed by atoms with Gasteiger partial charge in [0.15, 0.2) is 0 Å². The molecule has 3 heteroatoms. The van der Waals surface area contributed by atoms with Crippen LogP contribution in [-0.2, 0) is 13.0 Å². The highest BCUT2D eigenvalue weighted by Crippen LogP contribution is 2.22. The van der Waals surface area contributed by atoms with E-state index in [2.05, 4.69) is 44.4 Å². The van der Waals surface area contributed by atoms with Crippen LogP contribution in [-0.4, -0.2) is 16.1 Å². The SMILES string of the molecule is Cc1cc2nc(CCN)n(CCC(C)C)c2cc1C. The molecule has 2 N–H and O–H groups in total. The van der Waals surface area contributed by atoms with E-state index in [1.807, 2.05) is 0 Å². The smallest absolute Gasteiger partial charge is 0.111 e. The second kappa shape index (κ2) is 5.74. The van der Waals surface area contributed by atoms with Crippen molar-refractivity contribution in [1.82, 2.24) is 9.55 Å². The third-order valence-corrected chi connectivity index (χ3v) is 3.74. The number of fused-ring (bicyclic) bond motifs is 1. The Kier molecular flexibility index (Phi) is 4.25. The Hall–Kier alpha value is -1.35. The van der Waals surface area contributed by atoms with Crippen LogP contribution in [0.5, 0.6) is 0 Å². The summed E-state index contributed by atoms with van der Waals surface area (Å²) in [6.45, 7) is 10.5. The Labute approximate surface area is 115 Å². The summed E-state index contributed by atoms with van der Waals surface area (Å²) in [6, 6.07) is 4.45. The van der Waals surface area contributed by atoms with Gasteiger partial charge in [-0.3, -0.25) is 0 Å². The second-order valence-electron chi connectivity index (χ2n) is 5.83. The van der Waals surface area contributed by atoms with Gasteiger partial charge in [0.2, 0.25) is 0 Å². The van der Waals surface area contributed by atoms with E-state index < -0.39 is 0 Å². The van der Waals surface area contributed by atoms with E-state index in [-0.39, 0.29) is 0 Å². The average Bonchev–Trinajstić information content (AvgIpc) is 2.65. The highest BCUT2D eigenvalue weighted by atomic mass is 15.1. The molecule has 3 nitrogen and oxygen atoms in total. The van der Waals surface area contributed by atoms with Gasteiger partial charge in [-0.15, -0.1) is 0 Å². The van der Waals surface area contributed by atoms with Gasteiger partial charge in [-0.25, -0.2) is 4.98 Å². The molecular weight excluding hydrogens is 234 g/mol. The molecule has 2 rings (SSSR count). The number of hydrogen-bond acceptors (Lipinski definition) is 2. The van der Waals surface area contributed by atoms with Gasteiger partial charge in [0.1, 0.15) is 5.82 Å². The van der Waals surface area contributed by atoms with E-state index in [0.717, 1.165) is 24.3 Å². The molecule has 19 heavy (non-hydrogen) atoms. The molecule has 0 aliphatic carbocycles. The topological polar surface area (TPSA) is 43.8 Å². The molecule has 1 aromatic heterocycles.